The molecule has 0 heterocycles. The third kappa shape index (κ3) is 1290. The first-order chi connectivity index (χ1) is 7.57. The molecule has 0 radical (unpaired) electrons. The van der Waals surface area contributed by atoms with Crippen molar-refractivity contribution in [1.82, 2.24) is 0 Å². The van der Waals surface area contributed by atoms with Gasteiger partial charge in [0.15, 0.2) is 0 Å². The smallest absolute Gasteiger partial charge is 0.0402 e. The molecule has 0 bridgehead atoms. The molecule has 7 heteroatoms. The van der Waals surface area contributed by atoms with Gasteiger partial charge < -0.3 is 41.0 Å². The zero-order valence-electron chi connectivity index (χ0n) is 14.6. The van der Waals surface area contributed by atoms with Crippen LogP contribution in [0.4, 0.5) is 0 Å². The Hall–Kier alpha value is 1.23. The van der Waals surface area contributed by atoms with Crippen molar-refractivity contribution in [3.05, 3.63) is 14.9 Å². The molecule has 130 valence electrons. The summed E-state index contributed by atoms with van der Waals surface area (Å²) in [5.41, 5.74) is 5.03. The van der Waals surface area contributed by atoms with Crippen molar-refractivity contribution < 1.29 is 63.9 Å². The van der Waals surface area contributed by atoms with E-state index in [0.717, 1.165) is 13.0 Å². The summed E-state index contributed by atoms with van der Waals surface area (Å²) in [6, 6.07) is 0. The Balaban J connectivity index is -0.0000000103. The maximum Gasteiger partial charge on any atom is 0.0402 e. The average molecular weight is 369 g/mol. The zero-order chi connectivity index (χ0) is 14.2. The van der Waals surface area contributed by atoms with Crippen LogP contribution in [0.15, 0.2) is 0 Å². The molecule has 0 aliphatic heterocycles. The molecule has 20 heavy (non-hydrogen) atoms. The largest absolute Gasteiger partial charge is 0.397 e. The van der Waals surface area contributed by atoms with Crippen LogP contribution in [0, 0.1) is 14.9 Å². The summed E-state index contributed by atoms with van der Waals surface area (Å²) in [4.78, 5) is 0. The molecule has 0 aromatic carbocycles. The summed E-state index contributed by atoms with van der Waals surface area (Å²) in [6.45, 7) is 10.6. The van der Waals surface area contributed by atoms with Crippen LogP contribution < -0.4 is 5.73 Å². The van der Waals surface area contributed by atoms with Crippen LogP contribution in [0.3, 0.4) is 0 Å². The average Bonchev–Trinajstić information content (AvgIpc) is 2.22. The number of rotatable bonds is 1. The van der Waals surface area contributed by atoms with Gasteiger partial charge in [-0.1, -0.05) is 6.92 Å². The quantitative estimate of drug-likeness (QED) is 0.353. The van der Waals surface area contributed by atoms with E-state index < -0.39 is 0 Å². The van der Waals surface area contributed by atoms with Gasteiger partial charge in [0.25, 0.3) is 0 Å². The Kier molecular flexibility index (Phi) is 416. The molecular weight excluding hydrogens is 330 g/mol. The van der Waals surface area contributed by atoms with Crippen LogP contribution >= 0.6 is 0 Å². The molecule has 0 aliphatic rings. The predicted octanol–water partition coefficient (Wildman–Crippen LogP) is 1.25. The van der Waals surface area contributed by atoms with Crippen LogP contribution in [0.1, 0.15) is 41.0 Å². The number of hydrogen-bond acceptors (Lipinski definition) is 5. The van der Waals surface area contributed by atoms with Crippen molar-refractivity contribution in [2.24, 2.45) is 5.73 Å². The minimum Gasteiger partial charge on any atom is -0.397 e. The molecule has 0 rings (SSSR count). The summed E-state index contributed by atoms with van der Waals surface area (Å²) in [7, 11) is 0. The van der Waals surface area contributed by atoms with Gasteiger partial charge in [0.2, 0.25) is 0 Å². The van der Waals surface area contributed by atoms with Crippen LogP contribution in [-0.4, -0.2) is 53.4 Å². The van der Waals surface area contributed by atoms with Crippen molar-refractivity contribution >= 4 is 0 Å². The third-order valence-corrected chi connectivity index (χ3v) is 0.289. The van der Waals surface area contributed by atoms with E-state index in [9.17, 15) is 0 Å². The molecule has 0 atom stereocenters. The van der Waals surface area contributed by atoms with Crippen LogP contribution in [0.5, 0.6) is 0 Å². The number of hydrogen-bond donors (Lipinski definition) is 5. The molecule has 0 aromatic heterocycles. The van der Waals surface area contributed by atoms with Gasteiger partial charge in [0.05, 0.1) is 0 Å². The van der Waals surface area contributed by atoms with Gasteiger partial charge in [0.1, 0.15) is 0 Å². The standard InChI is InChI=1S/C3H9N.4C2H6O.2CH3.2Ti/c1-2-3-4;4*1-2-3;;;;/h2-4H2,1H3;4*3H,2H2,1H3;2*1H3;;/q;;;;;2*-1;;. The minimum atomic E-state index is 0. The van der Waals surface area contributed by atoms with Crippen molar-refractivity contribution in [3.8, 4) is 0 Å². The van der Waals surface area contributed by atoms with Gasteiger partial charge in [-0.2, -0.15) is 0 Å². The fraction of sp³-hybridized carbons (Fsp3) is 0.846. The fourth-order valence-corrected chi connectivity index (χ4v) is 0. The summed E-state index contributed by atoms with van der Waals surface area (Å²) in [6.07, 6.45) is 1.10. The van der Waals surface area contributed by atoms with E-state index in [1.54, 1.807) is 27.7 Å². The predicted molar refractivity (Wildman–Crippen MR) is 83.2 cm³/mol. The maximum atomic E-state index is 7.57. The van der Waals surface area contributed by atoms with Crippen molar-refractivity contribution in [2.45, 2.75) is 41.0 Å². The molecule has 0 saturated heterocycles. The first kappa shape index (κ1) is 58.1. The second-order valence-corrected chi connectivity index (χ2v) is 2.05. The van der Waals surface area contributed by atoms with E-state index >= 15 is 0 Å². The second kappa shape index (κ2) is 143. The monoisotopic (exact) mass is 369 g/mol. The van der Waals surface area contributed by atoms with Crippen molar-refractivity contribution in [3.63, 3.8) is 0 Å². The Bertz CT molecular complexity index is 49.4. The molecule has 0 aromatic rings. The van der Waals surface area contributed by atoms with E-state index in [1.165, 1.54) is 0 Å². The van der Waals surface area contributed by atoms with Crippen LogP contribution in [-0.2, 0) is 43.4 Å². The first-order valence-corrected chi connectivity index (χ1v) is 5.71. The zero-order valence-corrected chi connectivity index (χ0v) is 17.7. The molecule has 5 nitrogen and oxygen atoms in total. The normalized spacial score (nSPS) is 5.10. The van der Waals surface area contributed by atoms with E-state index in [-0.39, 0.29) is 84.7 Å². The van der Waals surface area contributed by atoms with E-state index in [2.05, 4.69) is 6.92 Å². The number of aliphatic hydroxyl groups is 4. The number of aliphatic hydroxyl groups excluding tert-OH is 4. The van der Waals surface area contributed by atoms with Gasteiger partial charge in [-0.25, -0.2) is 0 Å². The Morgan fingerprint density at radius 2 is 0.650 bits per heavy atom. The molecule has 0 amide bonds. The maximum absolute atomic E-state index is 7.57. The molecular formula is C13H39NO4Ti2-2. The van der Waals surface area contributed by atoms with Crippen molar-refractivity contribution in [2.75, 3.05) is 33.0 Å². The number of nitrogens with two attached hydrogens (primary N) is 1. The fourth-order valence-electron chi connectivity index (χ4n) is 0. The summed E-state index contributed by atoms with van der Waals surface area (Å²) >= 11 is 0. The Labute approximate surface area is 158 Å². The topological polar surface area (TPSA) is 107 Å². The molecule has 6 N–H and O–H groups in total. The summed E-state index contributed by atoms with van der Waals surface area (Å²) in [5.74, 6) is 0. The van der Waals surface area contributed by atoms with E-state index in [0.29, 0.717) is 0 Å². The van der Waals surface area contributed by atoms with Gasteiger partial charge >= 0.3 is 0 Å². The third-order valence-electron chi connectivity index (χ3n) is 0.289. The SMILES string of the molecule is CCCN.CCO.CCO.CCO.CCO.[CH3-].[CH3-].[Ti].[Ti]. The molecule has 0 aliphatic carbocycles. The first-order valence-electron chi connectivity index (χ1n) is 5.71. The molecule has 0 saturated carbocycles. The Morgan fingerprint density at radius 3 is 0.650 bits per heavy atom. The van der Waals surface area contributed by atoms with Gasteiger partial charge in [-0.15, -0.1) is 0 Å². The Morgan fingerprint density at radius 1 is 0.600 bits per heavy atom. The minimum absolute atomic E-state index is 0. The van der Waals surface area contributed by atoms with Gasteiger partial charge in [-0.3, -0.25) is 0 Å². The van der Waals surface area contributed by atoms with E-state index in [4.69, 9.17) is 26.2 Å². The molecule has 0 spiro atoms. The van der Waals surface area contributed by atoms with Gasteiger partial charge in [0, 0.05) is 69.9 Å². The molecule has 0 unspecified atom stereocenters. The van der Waals surface area contributed by atoms with Gasteiger partial charge in [-0.05, 0) is 40.7 Å². The molecule has 0 fully saturated rings. The summed E-state index contributed by atoms with van der Waals surface area (Å²) < 4.78 is 0. The van der Waals surface area contributed by atoms with Crippen LogP contribution in [0.2, 0.25) is 0 Å². The summed E-state index contributed by atoms with van der Waals surface area (Å²) in [5, 5.41) is 30.3. The van der Waals surface area contributed by atoms with Crippen LogP contribution in [0.25, 0.3) is 0 Å². The second-order valence-electron chi connectivity index (χ2n) is 2.05. The van der Waals surface area contributed by atoms with E-state index in [1.807, 2.05) is 0 Å². The van der Waals surface area contributed by atoms with Crippen molar-refractivity contribution in [1.29, 1.82) is 0 Å².